The Kier molecular flexibility index (Phi) is 6.92. The Morgan fingerprint density at radius 1 is 1.14 bits per heavy atom. The van der Waals surface area contributed by atoms with E-state index < -0.39 is 27.9 Å². The van der Waals surface area contributed by atoms with Gasteiger partial charge in [-0.2, -0.15) is 0 Å². The molecule has 1 atom stereocenters. The van der Waals surface area contributed by atoms with Crippen molar-refractivity contribution < 1.29 is 22.7 Å². The van der Waals surface area contributed by atoms with Crippen molar-refractivity contribution in [2.45, 2.75) is 13.0 Å². The van der Waals surface area contributed by atoms with Gasteiger partial charge in [0.15, 0.2) is 0 Å². The first-order valence-electron chi connectivity index (χ1n) is 7.98. The molecule has 1 unspecified atom stereocenters. The van der Waals surface area contributed by atoms with Gasteiger partial charge in [0.25, 0.3) is 0 Å². The van der Waals surface area contributed by atoms with Gasteiger partial charge < -0.3 is 10.1 Å². The quantitative estimate of drug-likeness (QED) is 0.687. The predicted molar refractivity (Wildman–Crippen MR) is 110 cm³/mol. The molecule has 0 aromatic heterocycles. The SMILES string of the molecule is COC(=O)c1cccc(NC(=O)C(C)N(c2cc(Cl)ccc2Cl)S(C)(=O)=O)c1. The minimum Gasteiger partial charge on any atom is -0.465 e. The van der Waals surface area contributed by atoms with Crippen molar-refractivity contribution in [1.29, 1.82) is 0 Å². The monoisotopic (exact) mass is 444 g/mol. The molecule has 0 bridgehead atoms. The molecule has 0 radical (unpaired) electrons. The maximum atomic E-state index is 12.7. The maximum absolute atomic E-state index is 12.7. The number of amides is 1. The van der Waals surface area contributed by atoms with E-state index in [4.69, 9.17) is 23.2 Å². The minimum atomic E-state index is -3.86. The molecule has 28 heavy (non-hydrogen) atoms. The Bertz CT molecular complexity index is 1010. The normalized spacial score (nSPS) is 12.2. The van der Waals surface area contributed by atoms with Crippen molar-refractivity contribution in [1.82, 2.24) is 0 Å². The predicted octanol–water partition coefficient (Wildman–Crippen LogP) is 3.57. The van der Waals surface area contributed by atoms with Crippen LogP contribution in [0.2, 0.25) is 10.0 Å². The molecular formula is C18H18Cl2N2O5S. The number of nitrogens with one attached hydrogen (secondary N) is 1. The molecule has 1 N–H and O–H groups in total. The number of ether oxygens (including phenoxy) is 1. The molecule has 2 aromatic carbocycles. The Morgan fingerprint density at radius 3 is 2.43 bits per heavy atom. The first-order valence-corrected chi connectivity index (χ1v) is 10.6. The van der Waals surface area contributed by atoms with Crippen molar-refractivity contribution in [2.75, 3.05) is 23.0 Å². The highest BCUT2D eigenvalue weighted by molar-refractivity contribution is 7.92. The topological polar surface area (TPSA) is 92.8 Å². The molecule has 2 rings (SSSR count). The van der Waals surface area contributed by atoms with Crippen LogP contribution in [-0.2, 0) is 19.6 Å². The van der Waals surface area contributed by atoms with Crippen LogP contribution in [0, 0.1) is 0 Å². The van der Waals surface area contributed by atoms with Gasteiger partial charge in [0.1, 0.15) is 6.04 Å². The average molecular weight is 445 g/mol. The lowest BCUT2D eigenvalue weighted by Gasteiger charge is -2.29. The summed E-state index contributed by atoms with van der Waals surface area (Å²) in [7, 11) is -2.62. The Balaban J connectivity index is 2.35. The highest BCUT2D eigenvalue weighted by atomic mass is 35.5. The first kappa shape index (κ1) is 22.0. The third kappa shape index (κ3) is 5.15. The number of esters is 1. The van der Waals surface area contributed by atoms with Crippen molar-refractivity contribution in [3.05, 3.63) is 58.1 Å². The fourth-order valence-electron chi connectivity index (χ4n) is 2.52. The van der Waals surface area contributed by atoms with Crippen molar-refractivity contribution in [2.24, 2.45) is 0 Å². The summed E-state index contributed by atoms with van der Waals surface area (Å²) in [5.74, 6) is -1.18. The molecule has 10 heteroatoms. The largest absolute Gasteiger partial charge is 0.465 e. The van der Waals surface area contributed by atoms with E-state index in [1.165, 1.54) is 44.4 Å². The standard InChI is InChI=1S/C18H18Cl2N2O5S/c1-11(17(23)21-14-6-4-5-12(9-14)18(24)27-2)22(28(3,25)26)16-10-13(19)7-8-15(16)20/h4-11H,1-3H3,(H,21,23). The highest BCUT2D eigenvalue weighted by Gasteiger charge is 2.31. The second-order valence-electron chi connectivity index (χ2n) is 5.89. The van der Waals surface area contributed by atoms with Gasteiger partial charge >= 0.3 is 5.97 Å². The number of methoxy groups -OCH3 is 1. The van der Waals surface area contributed by atoms with Gasteiger partial charge in [-0.3, -0.25) is 9.10 Å². The summed E-state index contributed by atoms with van der Waals surface area (Å²) in [5.41, 5.74) is 0.638. The van der Waals surface area contributed by atoms with Crippen molar-refractivity contribution in [3.8, 4) is 0 Å². The fourth-order valence-corrected chi connectivity index (χ4v) is 4.13. The van der Waals surface area contributed by atoms with E-state index in [0.29, 0.717) is 5.69 Å². The molecule has 150 valence electrons. The van der Waals surface area contributed by atoms with Crippen LogP contribution in [0.25, 0.3) is 0 Å². The van der Waals surface area contributed by atoms with Crippen LogP contribution in [-0.4, -0.2) is 39.7 Å². The van der Waals surface area contributed by atoms with Crippen LogP contribution >= 0.6 is 23.2 Å². The number of rotatable bonds is 6. The Labute approximate surface area is 173 Å². The number of hydrogen-bond donors (Lipinski definition) is 1. The smallest absolute Gasteiger partial charge is 0.337 e. The molecule has 0 aliphatic rings. The Hall–Kier alpha value is -2.29. The zero-order valence-electron chi connectivity index (χ0n) is 15.3. The molecule has 1 amide bonds. The number of carbonyl (C=O) groups is 2. The molecule has 0 fully saturated rings. The number of nitrogens with zero attached hydrogens (tertiary/aromatic N) is 1. The van der Waals surface area contributed by atoms with E-state index in [1.807, 2.05) is 0 Å². The van der Waals surface area contributed by atoms with Crippen LogP contribution in [0.1, 0.15) is 17.3 Å². The van der Waals surface area contributed by atoms with Crippen LogP contribution in [0.3, 0.4) is 0 Å². The molecule has 0 aliphatic heterocycles. The summed E-state index contributed by atoms with van der Waals surface area (Å²) in [6.45, 7) is 1.41. The molecule has 0 heterocycles. The van der Waals surface area contributed by atoms with Crippen molar-refractivity contribution >= 4 is 56.5 Å². The molecular weight excluding hydrogens is 427 g/mol. The average Bonchev–Trinajstić information content (AvgIpc) is 2.63. The second-order valence-corrected chi connectivity index (χ2v) is 8.60. The fraction of sp³-hybridized carbons (Fsp3) is 0.222. The van der Waals surface area contributed by atoms with E-state index in [2.05, 4.69) is 10.1 Å². The Morgan fingerprint density at radius 2 is 1.82 bits per heavy atom. The van der Waals surface area contributed by atoms with Crippen molar-refractivity contribution in [3.63, 3.8) is 0 Å². The zero-order chi connectivity index (χ0) is 21.1. The minimum absolute atomic E-state index is 0.0858. The van der Waals surface area contributed by atoms with Crippen LogP contribution in [0.4, 0.5) is 11.4 Å². The third-order valence-corrected chi connectivity index (χ3v) is 5.57. The number of sulfonamides is 1. The lowest BCUT2D eigenvalue weighted by Crippen LogP contribution is -2.45. The molecule has 0 saturated heterocycles. The number of anilines is 2. The first-order chi connectivity index (χ1) is 13.0. The number of carbonyl (C=O) groups excluding carboxylic acids is 2. The van der Waals surface area contributed by atoms with Gasteiger partial charge in [-0.05, 0) is 43.3 Å². The van der Waals surface area contributed by atoms with E-state index in [9.17, 15) is 18.0 Å². The van der Waals surface area contributed by atoms with Gasteiger partial charge in [0.2, 0.25) is 15.9 Å². The van der Waals surface area contributed by atoms with Gasteiger partial charge in [-0.1, -0.05) is 29.3 Å². The number of halogens is 2. The lowest BCUT2D eigenvalue weighted by molar-refractivity contribution is -0.116. The lowest BCUT2D eigenvalue weighted by atomic mass is 10.2. The van der Waals surface area contributed by atoms with E-state index >= 15 is 0 Å². The van der Waals surface area contributed by atoms with Crippen LogP contribution in [0.15, 0.2) is 42.5 Å². The van der Waals surface area contributed by atoms with E-state index in [1.54, 1.807) is 12.1 Å². The molecule has 0 saturated carbocycles. The molecule has 0 aliphatic carbocycles. The maximum Gasteiger partial charge on any atom is 0.337 e. The van der Waals surface area contributed by atoms with Gasteiger partial charge in [-0.25, -0.2) is 13.2 Å². The summed E-state index contributed by atoms with van der Waals surface area (Å²) < 4.78 is 30.3. The second kappa shape index (κ2) is 8.81. The summed E-state index contributed by atoms with van der Waals surface area (Å²) in [6.07, 6.45) is 0.964. The molecule has 0 spiro atoms. The zero-order valence-corrected chi connectivity index (χ0v) is 17.6. The summed E-state index contributed by atoms with van der Waals surface area (Å²) >= 11 is 12.1. The third-order valence-electron chi connectivity index (χ3n) is 3.79. The van der Waals surface area contributed by atoms with Crippen LogP contribution < -0.4 is 9.62 Å². The summed E-state index contributed by atoms with van der Waals surface area (Å²) in [5, 5.41) is 2.99. The molecule has 2 aromatic rings. The number of hydrogen-bond acceptors (Lipinski definition) is 5. The van der Waals surface area contributed by atoms with E-state index in [0.717, 1.165) is 10.6 Å². The summed E-state index contributed by atoms with van der Waals surface area (Å²) in [6, 6.07) is 9.26. The van der Waals surface area contributed by atoms with Gasteiger partial charge in [0.05, 0.1) is 29.6 Å². The van der Waals surface area contributed by atoms with Crippen LogP contribution in [0.5, 0.6) is 0 Å². The summed E-state index contributed by atoms with van der Waals surface area (Å²) in [4.78, 5) is 24.3. The van der Waals surface area contributed by atoms with Gasteiger partial charge in [-0.15, -0.1) is 0 Å². The highest BCUT2D eigenvalue weighted by Crippen LogP contribution is 2.32. The molecule has 7 nitrogen and oxygen atoms in total. The number of benzene rings is 2. The van der Waals surface area contributed by atoms with Gasteiger partial charge in [0, 0.05) is 10.7 Å². The van der Waals surface area contributed by atoms with E-state index in [-0.39, 0.29) is 21.3 Å².